The van der Waals surface area contributed by atoms with Crippen LogP contribution in [0.15, 0.2) is 0 Å². The van der Waals surface area contributed by atoms with Crippen molar-refractivity contribution >= 4 is 21.1 Å². The maximum absolute atomic E-state index is 2.37. The minimum absolute atomic E-state index is 0.182. The number of hydrogen-bond acceptors (Lipinski definition) is 0. The van der Waals surface area contributed by atoms with E-state index in [1.807, 2.05) is 0 Å². The van der Waals surface area contributed by atoms with Gasteiger partial charge in [0.1, 0.15) is 0 Å². The van der Waals surface area contributed by atoms with Crippen LogP contribution in [0.3, 0.4) is 0 Å². The van der Waals surface area contributed by atoms with Crippen molar-refractivity contribution in [2.24, 2.45) is 0 Å². The zero-order valence-electron chi connectivity index (χ0n) is 7.50. The first-order valence-corrected chi connectivity index (χ1v) is 6.35. The van der Waals surface area contributed by atoms with E-state index in [0.29, 0.717) is 6.86 Å². The summed E-state index contributed by atoms with van der Waals surface area (Å²) in [7, 11) is 0. The summed E-state index contributed by atoms with van der Waals surface area (Å²) in [4.78, 5) is 0. The van der Waals surface area contributed by atoms with Gasteiger partial charge >= 0.3 is 69.5 Å². The molecule has 0 atom stereocenters. The van der Waals surface area contributed by atoms with Crippen LogP contribution in [0.4, 0.5) is 0 Å². The molecule has 0 saturated carbocycles. The number of hydrogen-bond donors (Lipinski definition) is 0. The summed E-state index contributed by atoms with van der Waals surface area (Å²) in [6.07, 6.45) is 0. The van der Waals surface area contributed by atoms with Crippen molar-refractivity contribution in [2.75, 3.05) is 0 Å². The van der Waals surface area contributed by atoms with Gasteiger partial charge in [0, 0.05) is 0 Å². The summed E-state index contributed by atoms with van der Waals surface area (Å²) >= 11 is -0.182. The van der Waals surface area contributed by atoms with Crippen LogP contribution in [-0.2, 0) is 0 Å². The Morgan fingerprint density at radius 2 is 0.889 bits per heavy atom. The van der Waals surface area contributed by atoms with E-state index in [1.54, 1.807) is 0 Å². The average molecular weight is 233 g/mol. The molecule has 0 aromatic carbocycles. The van der Waals surface area contributed by atoms with Crippen molar-refractivity contribution < 1.29 is 0 Å². The fourth-order valence-corrected chi connectivity index (χ4v) is 7.55. The first-order chi connectivity index (χ1) is 3.71. The normalized spacial score (nSPS) is 13.6. The molecule has 0 aliphatic carbocycles. The molecule has 9 heavy (non-hydrogen) atoms. The van der Waals surface area contributed by atoms with Gasteiger partial charge in [0.05, 0.1) is 0 Å². The minimum atomic E-state index is -0.182. The van der Waals surface area contributed by atoms with Crippen LogP contribution in [0.25, 0.3) is 0 Å². The predicted molar refractivity (Wildman–Crippen MR) is 45.2 cm³/mol. The third-order valence-corrected chi connectivity index (χ3v) is 5.03. The molecule has 0 unspecified atom stereocenters. The zero-order valence-corrected chi connectivity index (χ0v) is 10.4. The molecule has 0 aromatic heterocycles. The van der Waals surface area contributed by atoms with E-state index in [-0.39, 0.29) is 21.1 Å². The van der Waals surface area contributed by atoms with Gasteiger partial charge in [-0.3, -0.25) is 0 Å². The molecule has 0 N–H and O–H groups in total. The molecule has 0 spiro atoms. The molecule has 0 fully saturated rings. The summed E-state index contributed by atoms with van der Waals surface area (Å²) in [6, 6.07) is 0. The van der Waals surface area contributed by atoms with E-state index in [1.165, 1.54) is 0 Å². The van der Waals surface area contributed by atoms with Crippen molar-refractivity contribution in [1.82, 2.24) is 0 Å². The fourth-order valence-electron chi connectivity index (χ4n) is 1.12. The predicted octanol–water partition coefficient (Wildman–Crippen LogP) is 3.13. The van der Waals surface area contributed by atoms with Crippen LogP contribution < -0.4 is 0 Å². The first kappa shape index (κ1) is 9.80. The Kier molecular flexibility index (Phi) is 3.06. The van der Waals surface area contributed by atoms with Gasteiger partial charge in [-0.1, -0.05) is 0 Å². The molecule has 53 valence electrons. The third kappa shape index (κ3) is 8.80. The Morgan fingerprint density at radius 3 is 0.889 bits per heavy atom. The van der Waals surface area contributed by atoms with Crippen LogP contribution in [0.1, 0.15) is 41.5 Å². The van der Waals surface area contributed by atoms with E-state index in [9.17, 15) is 0 Å². The van der Waals surface area contributed by atoms with Crippen molar-refractivity contribution in [2.45, 2.75) is 48.4 Å². The van der Waals surface area contributed by atoms with Gasteiger partial charge < -0.3 is 0 Å². The first-order valence-electron chi connectivity index (χ1n) is 3.50. The van der Waals surface area contributed by atoms with Gasteiger partial charge in [0.15, 0.2) is 0 Å². The van der Waals surface area contributed by atoms with Gasteiger partial charge in [-0.15, -0.1) is 0 Å². The Labute approximate surface area is 69.6 Å². The third-order valence-electron chi connectivity index (χ3n) is 0.750. The molecule has 0 nitrogen and oxygen atoms in total. The molecular weight excluding hydrogens is 215 g/mol. The molecule has 0 aliphatic heterocycles. The van der Waals surface area contributed by atoms with Crippen LogP contribution in [-0.4, -0.2) is 21.1 Å². The summed E-state index contributed by atoms with van der Waals surface area (Å²) in [5, 5.41) is 0. The summed E-state index contributed by atoms with van der Waals surface area (Å²) in [5.41, 5.74) is 0. The van der Waals surface area contributed by atoms with Crippen LogP contribution in [0.5, 0.6) is 0 Å². The molecule has 0 aromatic rings. The van der Waals surface area contributed by atoms with E-state index < -0.39 is 0 Å². The molecule has 1 radical (unpaired) electrons. The Hall–Kier alpha value is 0.799. The van der Waals surface area contributed by atoms with E-state index >= 15 is 0 Å². The molecule has 0 saturated heterocycles. The van der Waals surface area contributed by atoms with Gasteiger partial charge in [0.2, 0.25) is 0 Å². The molecule has 0 rings (SSSR count). The Morgan fingerprint density at radius 1 is 0.667 bits per heavy atom. The summed E-state index contributed by atoms with van der Waals surface area (Å²) in [5.74, 6) is 0. The number of rotatable bonds is 0. The van der Waals surface area contributed by atoms with Gasteiger partial charge in [-0.05, 0) is 0 Å². The van der Waals surface area contributed by atoms with Crippen molar-refractivity contribution in [1.29, 1.82) is 0 Å². The van der Waals surface area contributed by atoms with E-state index in [4.69, 9.17) is 0 Å². The standard InChI is InChI=1S/2C4H9.Sn/c2*1-4(2)3;/h2*1-3H3;/q;;+1. The topological polar surface area (TPSA) is 0 Å². The molecule has 0 amide bonds. The fraction of sp³-hybridized carbons (Fsp3) is 1.00. The summed E-state index contributed by atoms with van der Waals surface area (Å²) in [6.45, 7) is 14.2. The second-order valence-electron chi connectivity index (χ2n) is 4.62. The van der Waals surface area contributed by atoms with Crippen LogP contribution >= 0.6 is 0 Å². The van der Waals surface area contributed by atoms with E-state index in [0.717, 1.165) is 0 Å². The second kappa shape index (κ2) is 2.81. The van der Waals surface area contributed by atoms with E-state index in [2.05, 4.69) is 41.5 Å². The monoisotopic (exact) mass is 234 g/mol. The van der Waals surface area contributed by atoms with Gasteiger partial charge in [-0.2, -0.15) is 0 Å². The zero-order chi connectivity index (χ0) is 7.71. The summed E-state index contributed by atoms with van der Waals surface area (Å²) < 4.78 is 1.31. The Balaban J connectivity index is 3.75. The maximum atomic E-state index is 2.37. The average Bonchev–Trinajstić information content (AvgIpc) is 1.14. The van der Waals surface area contributed by atoms with Crippen LogP contribution in [0, 0.1) is 0 Å². The molecular formula is C8H18Sn+. The van der Waals surface area contributed by atoms with Crippen molar-refractivity contribution in [3.63, 3.8) is 0 Å². The SMILES string of the molecule is C[C](C)(C)[Sn+][C](C)(C)C. The Bertz CT molecular complexity index is 69.7. The molecule has 0 aliphatic rings. The van der Waals surface area contributed by atoms with Gasteiger partial charge in [0.25, 0.3) is 0 Å². The van der Waals surface area contributed by atoms with Gasteiger partial charge in [-0.25, -0.2) is 0 Å². The van der Waals surface area contributed by atoms with Crippen LogP contribution in [0.2, 0.25) is 6.86 Å². The molecule has 0 heterocycles. The quantitative estimate of drug-likeness (QED) is 0.563. The van der Waals surface area contributed by atoms with Crippen molar-refractivity contribution in [3.8, 4) is 0 Å². The van der Waals surface area contributed by atoms with Crippen molar-refractivity contribution in [3.05, 3.63) is 0 Å². The molecule has 1 heteroatoms. The molecule has 0 bridgehead atoms. The second-order valence-corrected chi connectivity index (χ2v) is 13.9.